The molecule has 0 aliphatic carbocycles. The van der Waals surface area contributed by atoms with Crippen LogP contribution in [-0.2, 0) is 0 Å². The van der Waals surface area contributed by atoms with E-state index < -0.39 is 0 Å². The van der Waals surface area contributed by atoms with Gasteiger partial charge in [0, 0.05) is 38.1 Å². The molecule has 2 aromatic heterocycles. The Hall–Kier alpha value is -5.99. The summed E-state index contributed by atoms with van der Waals surface area (Å²) in [6.45, 7) is 0. The summed E-state index contributed by atoms with van der Waals surface area (Å²) in [6, 6.07) is 54.3. The Bertz CT molecular complexity index is 2770. The number of benzene rings is 8. The number of fused-ring (bicyclic) bond motifs is 9. The molecule has 2 heteroatoms. The Labute approximate surface area is 258 Å². The molecular formula is C43H25NO. The van der Waals surface area contributed by atoms with Crippen LogP contribution in [0.3, 0.4) is 0 Å². The summed E-state index contributed by atoms with van der Waals surface area (Å²) in [7, 11) is 0. The van der Waals surface area contributed by atoms with E-state index in [0.717, 1.165) is 49.3 Å². The van der Waals surface area contributed by atoms with Gasteiger partial charge in [-0.15, -0.1) is 0 Å². The predicted octanol–water partition coefficient (Wildman–Crippen LogP) is 12.1. The molecule has 0 saturated carbocycles. The van der Waals surface area contributed by atoms with Crippen LogP contribution >= 0.6 is 0 Å². The molecule has 0 amide bonds. The fourth-order valence-electron chi connectivity index (χ4n) is 7.48. The smallest absolute Gasteiger partial charge is 0.143 e. The SMILES string of the molecule is c1ccc2nc3c(cc(-c4c5ccccc5c(-c5cccc6c5oc5ccccc56)c5ccccc45)c4ccccc43)cc2c1. The molecule has 0 saturated heterocycles. The number of hydrogen-bond acceptors (Lipinski definition) is 2. The Morgan fingerprint density at radius 1 is 0.378 bits per heavy atom. The highest BCUT2D eigenvalue weighted by Crippen LogP contribution is 2.48. The molecule has 208 valence electrons. The van der Waals surface area contributed by atoms with Gasteiger partial charge in [-0.2, -0.15) is 0 Å². The minimum absolute atomic E-state index is 0.911. The first kappa shape index (κ1) is 24.5. The lowest BCUT2D eigenvalue weighted by Gasteiger charge is -2.19. The predicted molar refractivity (Wildman–Crippen MR) is 190 cm³/mol. The second kappa shape index (κ2) is 9.25. The van der Waals surface area contributed by atoms with Crippen LogP contribution in [0, 0.1) is 0 Å². The van der Waals surface area contributed by atoms with Crippen LogP contribution in [-0.4, -0.2) is 4.98 Å². The van der Waals surface area contributed by atoms with Gasteiger partial charge in [0.2, 0.25) is 0 Å². The molecule has 0 spiro atoms. The van der Waals surface area contributed by atoms with E-state index >= 15 is 0 Å². The van der Waals surface area contributed by atoms with Gasteiger partial charge in [-0.25, -0.2) is 4.98 Å². The number of rotatable bonds is 2. The first-order valence-corrected chi connectivity index (χ1v) is 15.4. The third-order valence-electron chi connectivity index (χ3n) is 9.40. The Morgan fingerprint density at radius 3 is 1.67 bits per heavy atom. The summed E-state index contributed by atoms with van der Waals surface area (Å²) >= 11 is 0. The van der Waals surface area contributed by atoms with E-state index in [1.807, 2.05) is 6.07 Å². The zero-order valence-electron chi connectivity index (χ0n) is 24.3. The summed E-state index contributed by atoms with van der Waals surface area (Å²) in [5, 5.41) is 11.8. The zero-order chi connectivity index (χ0) is 29.5. The van der Waals surface area contributed by atoms with Crippen molar-refractivity contribution in [3.8, 4) is 22.3 Å². The molecule has 45 heavy (non-hydrogen) atoms. The monoisotopic (exact) mass is 571 g/mol. The van der Waals surface area contributed by atoms with Crippen molar-refractivity contribution in [2.45, 2.75) is 0 Å². The van der Waals surface area contributed by atoms with Crippen molar-refractivity contribution in [1.82, 2.24) is 4.98 Å². The fraction of sp³-hybridized carbons (Fsp3) is 0. The summed E-state index contributed by atoms with van der Waals surface area (Å²) in [4.78, 5) is 5.16. The maximum atomic E-state index is 6.58. The molecule has 10 aromatic rings. The van der Waals surface area contributed by atoms with E-state index in [-0.39, 0.29) is 0 Å². The van der Waals surface area contributed by atoms with Crippen LogP contribution < -0.4 is 0 Å². The minimum atomic E-state index is 0.911. The van der Waals surface area contributed by atoms with E-state index in [2.05, 4.69) is 146 Å². The lowest BCUT2D eigenvalue weighted by Crippen LogP contribution is -1.93. The van der Waals surface area contributed by atoms with Crippen molar-refractivity contribution in [2.24, 2.45) is 0 Å². The maximum Gasteiger partial charge on any atom is 0.143 e. The van der Waals surface area contributed by atoms with Crippen molar-refractivity contribution in [3.63, 3.8) is 0 Å². The van der Waals surface area contributed by atoms with Gasteiger partial charge >= 0.3 is 0 Å². The Morgan fingerprint density at radius 2 is 0.933 bits per heavy atom. The quantitative estimate of drug-likeness (QED) is 0.152. The summed E-state index contributed by atoms with van der Waals surface area (Å²) in [6.07, 6.45) is 0. The fourth-order valence-corrected chi connectivity index (χ4v) is 7.48. The highest BCUT2D eigenvalue weighted by atomic mass is 16.3. The average molecular weight is 572 g/mol. The van der Waals surface area contributed by atoms with Crippen molar-refractivity contribution < 1.29 is 4.42 Å². The molecule has 0 unspecified atom stereocenters. The molecule has 0 N–H and O–H groups in total. The summed E-state index contributed by atoms with van der Waals surface area (Å²) in [5.41, 5.74) is 8.67. The van der Waals surface area contributed by atoms with E-state index in [9.17, 15) is 0 Å². The number of hydrogen-bond donors (Lipinski definition) is 0. The molecule has 0 bridgehead atoms. The lowest BCUT2D eigenvalue weighted by atomic mass is 9.84. The number of pyridine rings is 1. The molecule has 0 fully saturated rings. The standard InChI is InChI=1S/C43H25NO/c1-9-22-38-26(12-1)24-27-25-37(28-13-2-7-19-34(28)42(27)44-38)41-32-17-5-3-15-30(32)40(31-16-4-6-18-33(31)41)36-21-11-20-35-29-14-8-10-23-39(29)45-43(35)36/h1-25H. The summed E-state index contributed by atoms with van der Waals surface area (Å²) in [5.74, 6) is 0. The van der Waals surface area contributed by atoms with Crippen molar-refractivity contribution in [3.05, 3.63) is 152 Å². The molecule has 10 rings (SSSR count). The van der Waals surface area contributed by atoms with Crippen LogP contribution in [0.1, 0.15) is 0 Å². The van der Waals surface area contributed by atoms with Gasteiger partial charge in [0.25, 0.3) is 0 Å². The Balaban J connectivity index is 1.37. The van der Waals surface area contributed by atoms with Gasteiger partial charge in [0.1, 0.15) is 11.2 Å². The first-order chi connectivity index (χ1) is 22.3. The third-order valence-corrected chi connectivity index (χ3v) is 9.40. The third kappa shape index (κ3) is 3.48. The zero-order valence-corrected chi connectivity index (χ0v) is 24.3. The first-order valence-electron chi connectivity index (χ1n) is 15.4. The molecule has 0 radical (unpaired) electrons. The van der Waals surface area contributed by atoms with Crippen molar-refractivity contribution >= 4 is 76.1 Å². The van der Waals surface area contributed by atoms with Crippen LogP contribution in [0.5, 0.6) is 0 Å². The van der Waals surface area contributed by atoms with Gasteiger partial charge in [-0.05, 0) is 62.3 Å². The second-order valence-electron chi connectivity index (χ2n) is 11.8. The number of furan rings is 1. The second-order valence-corrected chi connectivity index (χ2v) is 11.8. The molecular weight excluding hydrogens is 546 g/mol. The van der Waals surface area contributed by atoms with Gasteiger partial charge < -0.3 is 4.42 Å². The van der Waals surface area contributed by atoms with Crippen LogP contribution in [0.2, 0.25) is 0 Å². The molecule has 2 nitrogen and oxygen atoms in total. The minimum Gasteiger partial charge on any atom is -0.455 e. The Kier molecular flexibility index (Phi) is 5.03. The average Bonchev–Trinajstić information content (AvgIpc) is 3.49. The van der Waals surface area contributed by atoms with Gasteiger partial charge in [0.15, 0.2) is 0 Å². The largest absolute Gasteiger partial charge is 0.455 e. The number of para-hydroxylation sites is 3. The molecule has 0 aliphatic rings. The maximum absolute atomic E-state index is 6.58. The number of aromatic nitrogens is 1. The van der Waals surface area contributed by atoms with Crippen LogP contribution in [0.4, 0.5) is 0 Å². The molecule has 0 atom stereocenters. The topological polar surface area (TPSA) is 26.0 Å². The van der Waals surface area contributed by atoms with Gasteiger partial charge in [-0.3, -0.25) is 0 Å². The number of nitrogens with zero attached hydrogens (tertiary/aromatic N) is 1. The lowest BCUT2D eigenvalue weighted by molar-refractivity contribution is 0.670. The van der Waals surface area contributed by atoms with Crippen LogP contribution in [0.15, 0.2) is 156 Å². The van der Waals surface area contributed by atoms with E-state index in [4.69, 9.17) is 9.40 Å². The van der Waals surface area contributed by atoms with Gasteiger partial charge in [0.05, 0.1) is 11.0 Å². The normalized spacial score (nSPS) is 12.0. The van der Waals surface area contributed by atoms with Crippen molar-refractivity contribution in [2.75, 3.05) is 0 Å². The molecule has 2 heterocycles. The highest BCUT2D eigenvalue weighted by molar-refractivity contribution is 6.27. The van der Waals surface area contributed by atoms with Crippen LogP contribution in [0.25, 0.3) is 98.3 Å². The summed E-state index contributed by atoms with van der Waals surface area (Å²) < 4.78 is 6.58. The molecule has 0 aliphatic heterocycles. The van der Waals surface area contributed by atoms with E-state index in [1.54, 1.807) is 0 Å². The highest BCUT2D eigenvalue weighted by Gasteiger charge is 2.21. The van der Waals surface area contributed by atoms with Gasteiger partial charge in [-0.1, -0.05) is 127 Å². The van der Waals surface area contributed by atoms with E-state index in [1.165, 1.54) is 49.0 Å². The molecule has 8 aromatic carbocycles. The van der Waals surface area contributed by atoms with Crippen molar-refractivity contribution in [1.29, 1.82) is 0 Å². The van der Waals surface area contributed by atoms with E-state index in [0.29, 0.717) is 0 Å².